The molecule has 2 nitrogen and oxygen atoms in total. The molecule has 0 aromatic heterocycles. The Morgan fingerprint density at radius 1 is 0.917 bits per heavy atom. The summed E-state index contributed by atoms with van der Waals surface area (Å²) in [4.78, 5) is 12.4. The lowest BCUT2D eigenvalue weighted by Gasteiger charge is -2.08. The van der Waals surface area contributed by atoms with Crippen LogP contribution in [0.5, 0.6) is 0 Å². The predicted octanol–water partition coefficient (Wildman–Crippen LogP) is 5.83. The molecule has 0 atom stereocenters. The van der Waals surface area contributed by atoms with Gasteiger partial charge in [-0.1, -0.05) is 51.2 Å². The highest BCUT2D eigenvalue weighted by Gasteiger charge is 2.09. The van der Waals surface area contributed by atoms with Crippen molar-refractivity contribution in [1.82, 2.24) is 0 Å². The molecule has 2 aromatic rings. The molecule has 0 aliphatic heterocycles. The Morgan fingerprint density at radius 2 is 1.62 bits per heavy atom. The van der Waals surface area contributed by atoms with Crippen LogP contribution < -0.4 is 5.32 Å². The number of ketones is 1. The van der Waals surface area contributed by atoms with Gasteiger partial charge in [0.15, 0.2) is 5.78 Å². The number of anilines is 1. The van der Waals surface area contributed by atoms with E-state index in [9.17, 15) is 9.18 Å². The van der Waals surface area contributed by atoms with Crippen molar-refractivity contribution < 1.29 is 9.18 Å². The Morgan fingerprint density at radius 3 is 2.38 bits per heavy atom. The van der Waals surface area contributed by atoms with Gasteiger partial charge in [0.25, 0.3) is 0 Å². The second-order valence-corrected chi connectivity index (χ2v) is 6.11. The fourth-order valence-corrected chi connectivity index (χ4v) is 2.68. The summed E-state index contributed by atoms with van der Waals surface area (Å²) >= 11 is 0. The Bertz CT molecular complexity index is 637. The second-order valence-electron chi connectivity index (χ2n) is 6.11. The molecule has 1 N–H and O–H groups in total. The van der Waals surface area contributed by atoms with Gasteiger partial charge in [-0.05, 0) is 42.8 Å². The highest BCUT2D eigenvalue weighted by atomic mass is 19.1. The lowest BCUT2D eigenvalue weighted by atomic mass is 10.0. The van der Waals surface area contributed by atoms with Crippen LogP contribution in [0.1, 0.15) is 61.4 Å². The number of hydrogen-bond donors (Lipinski definition) is 1. The van der Waals surface area contributed by atoms with Gasteiger partial charge in [0, 0.05) is 23.4 Å². The maximum Gasteiger partial charge on any atom is 0.193 e. The SMILES string of the molecule is CCCCCCCCNc1cccc(C(=O)c2ccc(F)cc2)c1. The number of halogens is 1. The monoisotopic (exact) mass is 327 g/mol. The molecule has 0 saturated carbocycles. The van der Waals surface area contributed by atoms with E-state index in [0.29, 0.717) is 11.1 Å². The first-order chi connectivity index (χ1) is 11.7. The summed E-state index contributed by atoms with van der Waals surface area (Å²) in [5.41, 5.74) is 2.08. The molecule has 3 heteroatoms. The summed E-state index contributed by atoms with van der Waals surface area (Å²) in [6.07, 6.45) is 7.58. The third-order valence-electron chi connectivity index (χ3n) is 4.09. The van der Waals surface area contributed by atoms with Gasteiger partial charge in [0.2, 0.25) is 0 Å². The minimum absolute atomic E-state index is 0.0850. The van der Waals surface area contributed by atoms with E-state index >= 15 is 0 Å². The molecule has 2 rings (SSSR count). The quantitative estimate of drug-likeness (QED) is 0.439. The van der Waals surface area contributed by atoms with Crippen LogP contribution >= 0.6 is 0 Å². The molecule has 0 aliphatic rings. The van der Waals surface area contributed by atoms with Crippen LogP contribution in [0.3, 0.4) is 0 Å². The third kappa shape index (κ3) is 5.80. The maximum atomic E-state index is 13.0. The van der Waals surface area contributed by atoms with Crippen molar-refractivity contribution in [3.63, 3.8) is 0 Å². The van der Waals surface area contributed by atoms with Gasteiger partial charge >= 0.3 is 0 Å². The van der Waals surface area contributed by atoms with Crippen LogP contribution in [0.2, 0.25) is 0 Å². The summed E-state index contributed by atoms with van der Waals surface area (Å²) in [5, 5.41) is 3.38. The van der Waals surface area contributed by atoms with E-state index in [1.807, 2.05) is 18.2 Å². The Hall–Kier alpha value is -2.16. The molecule has 0 heterocycles. The summed E-state index contributed by atoms with van der Waals surface area (Å²) < 4.78 is 13.0. The molecular formula is C21H26FNO. The number of hydrogen-bond acceptors (Lipinski definition) is 2. The van der Waals surface area contributed by atoms with Crippen LogP contribution in [-0.4, -0.2) is 12.3 Å². The van der Waals surface area contributed by atoms with Crippen molar-refractivity contribution in [2.75, 3.05) is 11.9 Å². The molecule has 0 bridgehead atoms. The molecule has 24 heavy (non-hydrogen) atoms. The molecule has 128 valence electrons. The Labute approximate surface area is 144 Å². The van der Waals surface area contributed by atoms with Crippen LogP contribution in [-0.2, 0) is 0 Å². The highest BCUT2D eigenvalue weighted by Crippen LogP contribution is 2.16. The average molecular weight is 327 g/mol. The van der Waals surface area contributed by atoms with E-state index in [1.54, 1.807) is 6.07 Å². The minimum Gasteiger partial charge on any atom is -0.385 e. The second kappa shape index (κ2) is 9.86. The van der Waals surface area contributed by atoms with Crippen LogP contribution in [0.4, 0.5) is 10.1 Å². The normalized spacial score (nSPS) is 10.6. The molecule has 2 aromatic carbocycles. The van der Waals surface area contributed by atoms with E-state index in [1.165, 1.54) is 56.4 Å². The smallest absolute Gasteiger partial charge is 0.193 e. The largest absolute Gasteiger partial charge is 0.385 e. The average Bonchev–Trinajstić information content (AvgIpc) is 2.61. The first-order valence-electron chi connectivity index (χ1n) is 8.85. The number of benzene rings is 2. The van der Waals surface area contributed by atoms with Crippen molar-refractivity contribution in [1.29, 1.82) is 0 Å². The standard InChI is InChI=1S/C21H26FNO/c1-2-3-4-5-6-7-15-23-20-10-8-9-18(16-20)21(24)17-11-13-19(22)14-12-17/h8-14,16,23H,2-7,15H2,1H3. The zero-order valence-corrected chi connectivity index (χ0v) is 14.4. The van der Waals surface area contributed by atoms with Gasteiger partial charge in [0.05, 0.1) is 0 Å². The molecule has 0 amide bonds. The number of nitrogens with one attached hydrogen (secondary N) is 1. The summed E-state index contributed by atoms with van der Waals surface area (Å²) in [7, 11) is 0. The van der Waals surface area contributed by atoms with Gasteiger partial charge in [-0.2, -0.15) is 0 Å². The first-order valence-corrected chi connectivity index (χ1v) is 8.85. The van der Waals surface area contributed by atoms with Crippen molar-refractivity contribution in [2.45, 2.75) is 45.4 Å². The lowest BCUT2D eigenvalue weighted by Crippen LogP contribution is -2.05. The molecular weight excluding hydrogens is 301 g/mol. The molecule has 0 aliphatic carbocycles. The van der Waals surface area contributed by atoms with Gasteiger partial charge < -0.3 is 5.32 Å². The topological polar surface area (TPSA) is 29.1 Å². The third-order valence-corrected chi connectivity index (χ3v) is 4.09. The van der Waals surface area contributed by atoms with Gasteiger partial charge in [-0.25, -0.2) is 4.39 Å². The van der Waals surface area contributed by atoms with E-state index < -0.39 is 0 Å². The van der Waals surface area contributed by atoms with Crippen LogP contribution in [0.25, 0.3) is 0 Å². The fourth-order valence-electron chi connectivity index (χ4n) is 2.68. The van der Waals surface area contributed by atoms with E-state index in [-0.39, 0.29) is 11.6 Å². The van der Waals surface area contributed by atoms with Gasteiger partial charge in [0.1, 0.15) is 5.82 Å². The first kappa shape index (κ1) is 18.2. The lowest BCUT2D eigenvalue weighted by molar-refractivity contribution is 0.103. The zero-order chi connectivity index (χ0) is 17.2. The summed E-state index contributed by atoms with van der Waals surface area (Å²) in [5.74, 6) is -0.417. The Kier molecular flexibility index (Phi) is 7.47. The van der Waals surface area contributed by atoms with Gasteiger partial charge in [-0.3, -0.25) is 4.79 Å². The molecule has 0 fully saturated rings. The van der Waals surface area contributed by atoms with Gasteiger partial charge in [-0.15, -0.1) is 0 Å². The molecule has 0 unspecified atom stereocenters. The van der Waals surface area contributed by atoms with Crippen molar-refractivity contribution in [3.05, 3.63) is 65.5 Å². The predicted molar refractivity (Wildman–Crippen MR) is 98.1 cm³/mol. The summed E-state index contributed by atoms with van der Waals surface area (Å²) in [6.45, 7) is 3.14. The van der Waals surface area contributed by atoms with Crippen LogP contribution in [0.15, 0.2) is 48.5 Å². The Balaban J connectivity index is 1.85. The zero-order valence-electron chi connectivity index (χ0n) is 14.4. The number of carbonyl (C=O) groups is 1. The van der Waals surface area contributed by atoms with E-state index in [2.05, 4.69) is 12.2 Å². The number of unbranched alkanes of at least 4 members (excludes halogenated alkanes) is 5. The van der Waals surface area contributed by atoms with E-state index in [4.69, 9.17) is 0 Å². The molecule has 0 saturated heterocycles. The van der Waals surface area contributed by atoms with Crippen molar-refractivity contribution in [3.8, 4) is 0 Å². The maximum absolute atomic E-state index is 13.0. The fraction of sp³-hybridized carbons (Fsp3) is 0.381. The minimum atomic E-state index is -0.332. The van der Waals surface area contributed by atoms with Crippen molar-refractivity contribution >= 4 is 11.5 Å². The number of carbonyl (C=O) groups excluding carboxylic acids is 1. The highest BCUT2D eigenvalue weighted by molar-refractivity contribution is 6.09. The number of rotatable bonds is 10. The molecule has 0 spiro atoms. The van der Waals surface area contributed by atoms with Crippen molar-refractivity contribution in [2.24, 2.45) is 0 Å². The van der Waals surface area contributed by atoms with E-state index in [0.717, 1.165) is 18.7 Å². The van der Waals surface area contributed by atoms with Crippen LogP contribution in [0, 0.1) is 5.82 Å². The molecule has 0 radical (unpaired) electrons. The summed E-state index contributed by atoms with van der Waals surface area (Å²) in [6, 6.07) is 13.2.